The van der Waals surface area contributed by atoms with Gasteiger partial charge in [0.2, 0.25) is 0 Å². The van der Waals surface area contributed by atoms with Crippen LogP contribution in [0.3, 0.4) is 0 Å². The monoisotopic (exact) mass is 661 g/mol. The van der Waals surface area contributed by atoms with Gasteiger partial charge >= 0.3 is 231 Å². The molecule has 1 nitrogen and oxygen atoms in total. The molecular weight excluding hydrogens is 633 g/mol. The molecule has 0 unspecified atom stereocenters. The molecule has 0 bridgehead atoms. The van der Waals surface area contributed by atoms with Crippen molar-refractivity contribution in [1.29, 1.82) is 0 Å². The minimum Gasteiger partial charge on any atom is -0.0544 e. The van der Waals surface area contributed by atoms with Gasteiger partial charge in [-0.1, -0.05) is 42.5 Å². The molecule has 0 spiro atoms. The predicted octanol–water partition coefficient (Wildman–Crippen LogP) is 12.1. The number of aromatic nitrogens is 1. The molecule has 0 aliphatic rings. The van der Waals surface area contributed by atoms with Crippen LogP contribution in [-0.2, 0) is 0 Å². The number of nitrogens with zero attached hydrogens (tertiary/aromatic N) is 1. The molecule has 0 aliphatic heterocycles. The summed E-state index contributed by atoms with van der Waals surface area (Å²) in [6, 6.07) is 60.2. The van der Waals surface area contributed by atoms with Crippen molar-refractivity contribution in [2.45, 2.75) is 0 Å². The van der Waals surface area contributed by atoms with Crippen molar-refractivity contribution in [3.05, 3.63) is 164 Å². The van der Waals surface area contributed by atoms with E-state index in [2.05, 4.69) is 164 Å². The van der Waals surface area contributed by atoms with E-state index in [0.29, 0.717) is 14.5 Å². The van der Waals surface area contributed by atoms with E-state index >= 15 is 0 Å². The Kier molecular flexibility index (Phi) is 5.96. The summed E-state index contributed by atoms with van der Waals surface area (Å²) in [6.45, 7) is 0. The van der Waals surface area contributed by atoms with Gasteiger partial charge in [-0.2, -0.15) is 0 Å². The molecule has 0 fully saturated rings. The van der Waals surface area contributed by atoms with Crippen LogP contribution < -0.4 is 0 Å². The number of benzene rings is 8. The molecule has 2 heterocycles. The van der Waals surface area contributed by atoms with Crippen LogP contribution >= 0.6 is 0 Å². The SMILES string of the molecule is c1ccc2cc(-c3c4ccccc4c(-c4ccc5ccccc5c4)c4cc(-c5ccc6[se]c7ccccc7c6n5)ccc34)ccc2c1. The first-order valence-corrected chi connectivity index (χ1v) is 17.8. The average Bonchev–Trinajstić information content (AvgIpc) is 3.51. The van der Waals surface area contributed by atoms with E-state index in [9.17, 15) is 0 Å². The molecule has 2 aromatic heterocycles. The second kappa shape index (κ2) is 10.5. The molecule has 2 heteroatoms. The van der Waals surface area contributed by atoms with Gasteiger partial charge in [0.15, 0.2) is 0 Å². The molecule has 0 aliphatic carbocycles. The second-order valence-electron chi connectivity index (χ2n) is 12.3. The van der Waals surface area contributed by atoms with Crippen molar-refractivity contribution in [3.63, 3.8) is 0 Å². The van der Waals surface area contributed by atoms with Crippen molar-refractivity contribution in [2.75, 3.05) is 0 Å². The Bertz CT molecular complexity index is 2860. The minimum absolute atomic E-state index is 0.303. The molecule has 8 aromatic carbocycles. The molecule has 0 atom stereocenters. The summed E-state index contributed by atoms with van der Waals surface area (Å²) in [5.41, 5.74) is 8.30. The summed E-state index contributed by atoms with van der Waals surface area (Å²) in [4.78, 5) is 5.31. The Labute approximate surface area is 278 Å². The summed E-state index contributed by atoms with van der Waals surface area (Å²) in [7, 11) is 0. The van der Waals surface area contributed by atoms with Gasteiger partial charge in [0, 0.05) is 0 Å². The minimum atomic E-state index is 0.303. The first kappa shape index (κ1) is 26.7. The molecule has 0 radical (unpaired) electrons. The molecule has 0 N–H and O–H groups in total. The van der Waals surface area contributed by atoms with Crippen molar-refractivity contribution in [3.8, 4) is 33.5 Å². The van der Waals surface area contributed by atoms with Gasteiger partial charge < -0.3 is 0 Å². The van der Waals surface area contributed by atoms with E-state index in [1.807, 2.05) is 0 Å². The summed E-state index contributed by atoms with van der Waals surface area (Å²) in [5.74, 6) is 0. The van der Waals surface area contributed by atoms with Crippen molar-refractivity contribution >= 4 is 77.0 Å². The zero-order valence-corrected chi connectivity index (χ0v) is 27.2. The van der Waals surface area contributed by atoms with Gasteiger partial charge in [-0.25, -0.2) is 0 Å². The van der Waals surface area contributed by atoms with Crippen molar-refractivity contribution in [2.24, 2.45) is 0 Å². The first-order valence-electron chi connectivity index (χ1n) is 16.0. The Balaban J connectivity index is 1.30. The normalized spacial score (nSPS) is 11.8. The Morgan fingerprint density at radius 2 is 0.872 bits per heavy atom. The molecule has 0 saturated heterocycles. The van der Waals surface area contributed by atoms with Crippen LogP contribution in [0.4, 0.5) is 0 Å². The summed E-state index contributed by atoms with van der Waals surface area (Å²) < 4.78 is 2.79. The van der Waals surface area contributed by atoms with Crippen LogP contribution in [0.2, 0.25) is 0 Å². The van der Waals surface area contributed by atoms with Crippen LogP contribution in [0.15, 0.2) is 164 Å². The van der Waals surface area contributed by atoms with Crippen molar-refractivity contribution < 1.29 is 0 Å². The zero-order chi connectivity index (χ0) is 30.9. The quantitative estimate of drug-likeness (QED) is 0.136. The van der Waals surface area contributed by atoms with E-state index in [4.69, 9.17) is 4.98 Å². The third-order valence-corrected chi connectivity index (χ3v) is 12.0. The molecule has 10 rings (SSSR count). The zero-order valence-electron chi connectivity index (χ0n) is 25.4. The average molecular weight is 661 g/mol. The number of pyridine rings is 1. The van der Waals surface area contributed by atoms with E-state index in [1.165, 1.54) is 79.3 Å². The smallest absolute Gasteiger partial charge is 0.0544 e. The number of fused-ring (bicyclic) bond motifs is 7. The summed E-state index contributed by atoms with van der Waals surface area (Å²) >= 11 is 0.303. The Morgan fingerprint density at radius 3 is 1.55 bits per heavy atom. The van der Waals surface area contributed by atoms with Crippen LogP contribution in [0.1, 0.15) is 0 Å². The maximum atomic E-state index is 5.31. The molecule has 10 aromatic rings. The molecule has 0 saturated carbocycles. The van der Waals surface area contributed by atoms with Gasteiger partial charge in [-0.15, -0.1) is 0 Å². The van der Waals surface area contributed by atoms with E-state index in [1.54, 1.807) is 0 Å². The van der Waals surface area contributed by atoms with Crippen molar-refractivity contribution in [1.82, 2.24) is 4.98 Å². The van der Waals surface area contributed by atoms with Crippen LogP contribution in [0.25, 0.3) is 96.0 Å². The van der Waals surface area contributed by atoms with E-state index in [-0.39, 0.29) is 0 Å². The fourth-order valence-electron chi connectivity index (χ4n) is 7.40. The van der Waals surface area contributed by atoms with E-state index in [0.717, 1.165) is 16.8 Å². The third-order valence-electron chi connectivity index (χ3n) is 9.62. The second-order valence-corrected chi connectivity index (χ2v) is 14.6. The fraction of sp³-hybridized carbons (Fsp3) is 0. The van der Waals surface area contributed by atoms with Gasteiger partial charge in [0.25, 0.3) is 0 Å². The standard InChI is InChI=1S/C45H27NSe/c1-3-11-30-25-33(19-17-28(30)9-1)43-35-13-5-6-14-36(35)44(34-20-18-29-10-2-4-12-31(29)26-34)39-27-32(21-22-37(39)43)40-23-24-42-45(46-40)38-15-7-8-16-41(38)47-42/h1-27H. The van der Waals surface area contributed by atoms with Gasteiger partial charge in [-0.05, 0) is 5.39 Å². The van der Waals surface area contributed by atoms with Crippen LogP contribution in [0.5, 0.6) is 0 Å². The number of rotatable bonds is 3. The van der Waals surface area contributed by atoms with Crippen LogP contribution in [0, 0.1) is 0 Å². The van der Waals surface area contributed by atoms with Crippen LogP contribution in [-0.4, -0.2) is 19.5 Å². The number of hydrogen-bond donors (Lipinski definition) is 0. The molecular formula is C45H27NSe. The fourth-order valence-corrected chi connectivity index (χ4v) is 9.60. The first-order chi connectivity index (χ1) is 23.3. The molecule has 218 valence electrons. The molecule has 47 heavy (non-hydrogen) atoms. The van der Waals surface area contributed by atoms with Gasteiger partial charge in [0.1, 0.15) is 0 Å². The Hall–Kier alpha value is -5.53. The third kappa shape index (κ3) is 4.27. The predicted molar refractivity (Wildman–Crippen MR) is 203 cm³/mol. The summed E-state index contributed by atoms with van der Waals surface area (Å²) in [6.07, 6.45) is 0. The number of hydrogen-bond acceptors (Lipinski definition) is 1. The topological polar surface area (TPSA) is 12.9 Å². The van der Waals surface area contributed by atoms with E-state index < -0.39 is 0 Å². The Morgan fingerprint density at radius 1 is 0.340 bits per heavy atom. The van der Waals surface area contributed by atoms with Gasteiger partial charge in [0.05, 0.1) is 0 Å². The maximum absolute atomic E-state index is 5.31. The van der Waals surface area contributed by atoms with Gasteiger partial charge in [-0.3, -0.25) is 0 Å². The molecule has 0 amide bonds. The summed E-state index contributed by atoms with van der Waals surface area (Å²) in [5, 5.41) is 11.3.